The van der Waals surface area contributed by atoms with Gasteiger partial charge in [-0.15, -0.1) is 0 Å². The summed E-state index contributed by atoms with van der Waals surface area (Å²) in [5.41, 5.74) is 5.12. The summed E-state index contributed by atoms with van der Waals surface area (Å²) in [5.74, 6) is -0.199. The fourth-order valence-electron chi connectivity index (χ4n) is 3.19. The van der Waals surface area contributed by atoms with Gasteiger partial charge in [-0.2, -0.15) is 5.10 Å². The van der Waals surface area contributed by atoms with E-state index in [1.54, 1.807) is 6.20 Å². The first-order chi connectivity index (χ1) is 10.7. The fraction of sp³-hybridized carbons (Fsp3) is 0.222. The van der Waals surface area contributed by atoms with Crippen molar-refractivity contribution in [1.29, 1.82) is 0 Å². The maximum atomic E-state index is 13.2. The Morgan fingerprint density at radius 1 is 1.09 bits per heavy atom. The number of rotatable bonds is 3. The normalized spacial score (nSPS) is 15.7. The van der Waals surface area contributed by atoms with Gasteiger partial charge in [0.05, 0.1) is 5.69 Å². The van der Waals surface area contributed by atoms with Gasteiger partial charge in [0.2, 0.25) is 0 Å². The summed E-state index contributed by atoms with van der Waals surface area (Å²) in [7, 11) is 0. The molecular weight excluding hydrogens is 277 g/mol. The van der Waals surface area contributed by atoms with Gasteiger partial charge in [0.15, 0.2) is 0 Å². The average molecular weight is 293 g/mol. The number of nitrogens with one attached hydrogen (secondary N) is 1. The monoisotopic (exact) mass is 293 g/mol. The van der Waals surface area contributed by atoms with Crippen molar-refractivity contribution in [2.45, 2.75) is 25.2 Å². The molecule has 0 bridgehead atoms. The SMILES string of the molecule is Cc1c(-c2ccccn2)n[nH]c1C1(c2ccc(F)cc2)CC1. The maximum Gasteiger partial charge on any atom is 0.123 e. The Balaban J connectivity index is 1.78. The third-order valence-corrected chi connectivity index (χ3v) is 4.54. The summed E-state index contributed by atoms with van der Waals surface area (Å²) in [5, 5.41) is 7.68. The molecule has 0 unspecified atom stereocenters. The Morgan fingerprint density at radius 3 is 2.50 bits per heavy atom. The van der Waals surface area contributed by atoms with Gasteiger partial charge in [-0.25, -0.2) is 4.39 Å². The topological polar surface area (TPSA) is 41.6 Å². The van der Waals surface area contributed by atoms with Crippen LogP contribution in [0.4, 0.5) is 4.39 Å². The van der Waals surface area contributed by atoms with Crippen molar-refractivity contribution in [3.05, 3.63) is 71.3 Å². The number of hydrogen-bond donors (Lipinski definition) is 1. The molecule has 4 rings (SSSR count). The van der Waals surface area contributed by atoms with Crippen LogP contribution in [0.1, 0.15) is 29.7 Å². The molecule has 1 saturated carbocycles. The van der Waals surface area contributed by atoms with Crippen molar-refractivity contribution < 1.29 is 4.39 Å². The molecule has 0 amide bonds. The molecule has 0 radical (unpaired) electrons. The van der Waals surface area contributed by atoms with Gasteiger partial charge in [-0.1, -0.05) is 18.2 Å². The van der Waals surface area contributed by atoms with E-state index in [9.17, 15) is 4.39 Å². The van der Waals surface area contributed by atoms with Crippen LogP contribution in [0.2, 0.25) is 0 Å². The molecule has 1 N–H and O–H groups in total. The first-order valence-corrected chi connectivity index (χ1v) is 7.44. The molecule has 0 aliphatic heterocycles. The van der Waals surface area contributed by atoms with Gasteiger partial charge in [0.1, 0.15) is 11.5 Å². The van der Waals surface area contributed by atoms with Gasteiger partial charge >= 0.3 is 0 Å². The molecule has 0 atom stereocenters. The molecule has 110 valence electrons. The van der Waals surface area contributed by atoms with Gasteiger partial charge in [-0.3, -0.25) is 10.1 Å². The number of aromatic nitrogens is 3. The van der Waals surface area contributed by atoms with Crippen LogP contribution in [0.15, 0.2) is 48.7 Å². The second-order valence-corrected chi connectivity index (χ2v) is 5.88. The van der Waals surface area contributed by atoms with Crippen LogP contribution in [0, 0.1) is 12.7 Å². The highest BCUT2D eigenvalue weighted by Gasteiger charge is 2.48. The highest BCUT2D eigenvalue weighted by molar-refractivity contribution is 5.62. The molecule has 1 aliphatic carbocycles. The number of benzene rings is 1. The highest BCUT2D eigenvalue weighted by atomic mass is 19.1. The van der Waals surface area contributed by atoms with Crippen molar-refractivity contribution in [3.63, 3.8) is 0 Å². The van der Waals surface area contributed by atoms with Crippen LogP contribution >= 0.6 is 0 Å². The molecular formula is C18H16FN3. The number of aromatic amines is 1. The Labute approximate surface area is 128 Å². The van der Waals surface area contributed by atoms with E-state index < -0.39 is 0 Å². The third-order valence-electron chi connectivity index (χ3n) is 4.54. The Hall–Kier alpha value is -2.49. The number of halogens is 1. The molecule has 0 saturated heterocycles. The summed E-state index contributed by atoms with van der Waals surface area (Å²) in [6.07, 6.45) is 3.89. The third kappa shape index (κ3) is 1.95. The predicted molar refractivity (Wildman–Crippen MR) is 83.0 cm³/mol. The minimum atomic E-state index is -0.199. The number of nitrogens with zero attached hydrogens (tertiary/aromatic N) is 2. The molecule has 2 aromatic heterocycles. The summed E-state index contributed by atoms with van der Waals surface area (Å²) in [6.45, 7) is 2.08. The molecule has 3 aromatic rings. The average Bonchev–Trinajstić information content (AvgIpc) is 3.26. The summed E-state index contributed by atoms with van der Waals surface area (Å²) >= 11 is 0. The lowest BCUT2D eigenvalue weighted by Crippen LogP contribution is -2.10. The molecule has 3 nitrogen and oxygen atoms in total. The van der Waals surface area contributed by atoms with E-state index in [1.165, 1.54) is 12.1 Å². The van der Waals surface area contributed by atoms with Crippen LogP contribution in [-0.2, 0) is 5.41 Å². The lowest BCUT2D eigenvalue weighted by molar-refractivity contribution is 0.625. The molecule has 1 aromatic carbocycles. The Morgan fingerprint density at radius 2 is 1.86 bits per heavy atom. The number of H-pyrrole nitrogens is 1. The van der Waals surface area contributed by atoms with Crippen LogP contribution in [0.25, 0.3) is 11.4 Å². The zero-order valence-corrected chi connectivity index (χ0v) is 12.3. The van der Waals surface area contributed by atoms with E-state index in [1.807, 2.05) is 30.3 Å². The number of hydrogen-bond acceptors (Lipinski definition) is 2. The first kappa shape index (κ1) is 13.2. The van der Waals surface area contributed by atoms with E-state index in [0.29, 0.717) is 0 Å². The largest absolute Gasteiger partial charge is 0.281 e. The van der Waals surface area contributed by atoms with Crippen molar-refractivity contribution in [2.75, 3.05) is 0 Å². The highest BCUT2D eigenvalue weighted by Crippen LogP contribution is 2.54. The van der Waals surface area contributed by atoms with Crippen molar-refractivity contribution in [1.82, 2.24) is 15.2 Å². The van der Waals surface area contributed by atoms with Crippen molar-refractivity contribution in [3.8, 4) is 11.4 Å². The standard InChI is InChI=1S/C18H16FN3/c1-12-16(15-4-2-3-11-20-15)21-22-17(12)18(9-10-18)13-5-7-14(19)8-6-13/h2-8,11H,9-10H2,1H3,(H,21,22). The van der Waals surface area contributed by atoms with E-state index in [0.717, 1.165) is 41.1 Å². The Bertz CT molecular complexity index is 802. The molecule has 4 heteroatoms. The zero-order valence-electron chi connectivity index (χ0n) is 12.3. The fourth-order valence-corrected chi connectivity index (χ4v) is 3.19. The van der Waals surface area contributed by atoms with Gasteiger partial charge in [0.25, 0.3) is 0 Å². The minimum Gasteiger partial charge on any atom is -0.281 e. The summed E-state index contributed by atoms with van der Waals surface area (Å²) in [4.78, 5) is 4.38. The zero-order chi connectivity index (χ0) is 15.2. The maximum absolute atomic E-state index is 13.2. The minimum absolute atomic E-state index is 0.0438. The first-order valence-electron chi connectivity index (χ1n) is 7.44. The molecule has 0 spiro atoms. The predicted octanol–water partition coefficient (Wildman–Crippen LogP) is 4.00. The molecule has 1 aliphatic rings. The quantitative estimate of drug-likeness (QED) is 0.793. The molecule has 22 heavy (non-hydrogen) atoms. The van der Waals surface area contributed by atoms with Crippen LogP contribution < -0.4 is 0 Å². The molecule has 1 fully saturated rings. The van der Waals surface area contributed by atoms with Gasteiger partial charge < -0.3 is 0 Å². The molecule has 2 heterocycles. The van der Waals surface area contributed by atoms with Crippen LogP contribution in [0.5, 0.6) is 0 Å². The van der Waals surface area contributed by atoms with Gasteiger partial charge in [-0.05, 0) is 49.6 Å². The lowest BCUT2D eigenvalue weighted by Gasteiger charge is -2.15. The van der Waals surface area contributed by atoms with Gasteiger partial charge in [0, 0.05) is 22.9 Å². The van der Waals surface area contributed by atoms with E-state index in [2.05, 4.69) is 22.1 Å². The van der Waals surface area contributed by atoms with Crippen molar-refractivity contribution >= 4 is 0 Å². The van der Waals surface area contributed by atoms with Crippen LogP contribution in [0.3, 0.4) is 0 Å². The summed E-state index contributed by atoms with van der Waals surface area (Å²) < 4.78 is 13.2. The number of pyridine rings is 1. The van der Waals surface area contributed by atoms with E-state index in [4.69, 9.17) is 0 Å². The van der Waals surface area contributed by atoms with E-state index in [-0.39, 0.29) is 11.2 Å². The van der Waals surface area contributed by atoms with Crippen molar-refractivity contribution in [2.24, 2.45) is 0 Å². The second-order valence-electron chi connectivity index (χ2n) is 5.88. The second kappa shape index (κ2) is 4.77. The Kier molecular flexibility index (Phi) is 2.86. The van der Waals surface area contributed by atoms with E-state index >= 15 is 0 Å². The van der Waals surface area contributed by atoms with Crippen LogP contribution in [-0.4, -0.2) is 15.2 Å². The summed E-state index contributed by atoms with van der Waals surface area (Å²) in [6, 6.07) is 12.6. The lowest BCUT2D eigenvalue weighted by atomic mass is 9.89. The smallest absolute Gasteiger partial charge is 0.123 e.